The molecule has 202 valence electrons. The number of anilines is 1. The first-order valence-corrected chi connectivity index (χ1v) is 14.1. The molecule has 1 aliphatic heterocycles. The highest BCUT2D eigenvalue weighted by molar-refractivity contribution is 7.92. The van der Waals surface area contributed by atoms with E-state index in [1.165, 1.54) is 17.9 Å². The van der Waals surface area contributed by atoms with Crippen LogP contribution in [-0.2, 0) is 26.2 Å². The Morgan fingerprint density at radius 2 is 1.76 bits per heavy atom. The van der Waals surface area contributed by atoms with E-state index in [-0.39, 0.29) is 30.7 Å². The Kier molecular flexibility index (Phi) is 8.96. The lowest BCUT2D eigenvalue weighted by atomic mass is 10.1. The highest BCUT2D eigenvalue weighted by Crippen LogP contribution is 2.36. The van der Waals surface area contributed by atoms with Gasteiger partial charge in [-0.1, -0.05) is 36.7 Å². The molecule has 1 heterocycles. The summed E-state index contributed by atoms with van der Waals surface area (Å²) >= 11 is 6.39. The third kappa shape index (κ3) is 7.07. The molecule has 0 aromatic heterocycles. The van der Waals surface area contributed by atoms with Crippen molar-refractivity contribution in [3.05, 3.63) is 53.1 Å². The number of fused-ring (bicyclic) bond motifs is 1. The number of hydrogen-bond donors (Lipinski definition) is 1. The van der Waals surface area contributed by atoms with E-state index in [4.69, 9.17) is 21.1 Å². The van der Waals surface area contributed by atoms with Crippen molar-refractivity contribution in [3.63, 3.8) is 0 Å². The number of ether oxygens (including phenoxy) is 2. The van der Waals surface area contributed by atoms with Crippen LogP contribution < -0.4 is 19.1 Å². The van der Waals surface area contributed by atoms with Gasteiger partial charge in [0, 0.05) is 23.2 Å². The Hall–Kier alpha value is -2.98. The Morgan fingerprint density at radius 1 is 1.08 bits per heavy atom. The Labute approximate surface area is 223 Å². The van der Waals surface area contributed by atoms with Crippen LogP contribution >= 0.6 is 11.6 Å². The minimum Gasteiger partial charge on any atom is -0.454 e. The fourth-order valence-electron chi connectivity index (χ4n) is 3.94. The van der Waals surface area contributed by atoms with Gasteiger partial charge in [0.1, 0.15) is 12.6 Å². The van der Waals surface area contributed by atoms with E-state index in [0.717, 1.165) is 4.31 Å². The Bertz CT molecular complexity index is 1250. The highest BCUT2D eigenvalue weighted by atomic mass is 35.5. The van der Waals surface area contributed by atoms with Crippen LogP contribution in [0.1, 0.15) is 46.6 Å². The lowest BCUT2D eigenvalue weighted by molar-refractivity contribution is -0.141. The summed E-state index contributed by atoms with van der Waals surface area (Å²) in [7, 11) is -3.86. The lowest BCUT2D eigenvalue weighted by Crippen LogP contribution is -2.55. The summed E-state index contributed by atoms with van der Waals surface area (Å²) in [5.74, 6) is -0.200. The summed E-state index contributed by atoms with van der Waals surface area (Å²) in [5.41, 5.74) is 0.394. The largest absolute Gasteiger partial charge is 0.454 e. The molecular weight excluding hydrogens is 518 g/mol. The summed E-state index contributed by atoms with van der Waals surface area (Å²) in [5, 5.41) is 3.38. The van der Waals surface area contributed by atoms with Crippen molar-refractivity contribution in [1.82, 2.24) is 10.2 Å². The van der Waals surface area contributed by atoms with Crippen molar-refractivity contribution in [2.24, 2.45) is 0 Å². The number of rotatable bonds is 10. The van der Waals surface area contributed by atoms with Crippen LogP contribution in [0, 0.1) is 0 Å². The SMILES string of the molecule is CC[C@H](C(=O)NC(C)(C)C)N(Cc1ccccc1Cl)C(=O)CN(c1ccc2c(c1)OCO2)S(=O)(=O)CC. The van der Waals surface area contributed by atoms with E-state index in [1.54, 1.807) is 43.3 Å². The molecule has 3 rings (SSSR count). The van der Waals surface area contributed by atoms with E-state index in [1.807, 2.05) is 20.8 Å². The topological polar surface area (TPSA) is 105 Å². The molecule has 11 heteroatoms. The number of hydrogen-bond acceptors (Lipinski definition) is 6. The molecule has 0 bridgehead atoms. The zero-order chi connectivity index (χ0) is 27.4. The predicted molar refractivity (Wildman–Crippen MR) is 143 cm³/mol. The third-order valence-electron chi connectivity index (χ3n) is 5.81. The van der Waals surface area contributed by atoms with Crippen LogP contribution in [-0.4, -0.2) is 55.8 Å². The number of benzene rings is 2. The molecule has 0 radical (unpaired) electrons. The van der Waals surface area contributed by atoms with Crippen molar-refractivity contribution in [3.8, 4) is 11.5 Å². The van der Waals surface area contributed by atoms with Crippen LogP contribution in [0.4, 0.5) is 5.69 Å². The van der Waals surface area contributed by atoms with Crippen molar-refractivity contribution >= 4 is 39.1 Å². The molecule has 1 N–H and O–H groups in total. The van der Waals surface area contributed by atoms with Crippen molar-refractivity contribution < 1.29 is 27.5 Å². The monoisotopic (exact) mass is 551 g/mol. The highest BCUT2D eigenvalue weighted by Gasteiger charge is 2.34. The van der Waals surface area contributed by atoms with Gasteiger partial charge >= 0.3 is 0 Å². The standard InChI is InChI=1S/C26H34ClN3O6S/c1-6-21(25(32)28-26(3,4)5)29(15-18-10-8-9-11-20(18)27)24(31)16-30(37(33,34)7-2)19-12-13-22-23(14-19)36-17-35-22/h8-14,21H,6-7,15-17H2,1-5H3,(H,28,32)/t21-/m1/s1. The minimum absolute atomic E-state index is 0.0327. The van der Waals surface area contributed by atoms with E-state index >= 15 is 0 Å². The fraction of sp³-hybridized carbons (Fsp3) is 0.462. The van der Waals surface area contributed by atoms with E-state index in [9.17, 15) is 18.0 Å². The Balaban J connectivity index is 2.00. The van der Waals surface area contributed by atoms with Gasteiger partial charge in [0.15, 0.2) is 11.5 Å². The zero-order valence-electron chi connectivity index (χ0n) is 21.8. The normalized spacial score (nSPS) is 13.7. The molecular formula is C26H34ClN3O6S. The van der Waals surface area contributed by atoms with Gasteiger partial charge in [0.2, 0.25) is 28.6 Å². The first-order chi connectivity index (χ1) is 17.4. The molecule has 0 saturated heterocycles. The first-order valence-electron chi connectivity index (χ1n) is 12.1. The molecule has 2 aromatic rings. The second-order valence-electron chi connectivity index (χ2n) is 9.72. The molecule has 1 atom stereocenters. The average Bonchev–Trinajstić information content (AvgIpc) is 3.30. The lowest BCUT2D eigenvalue weighted by Gasteiger charge is -2.34. The predicted octanol–water partition coefficient (Wildman–Crippen LogP) is 3.95. The number of nitrogens with zero attached hydrogens (tertiary/aromatic N) is 2. The second-order valence-corrected chi connectivity index (χ2v) is 12.3. The van der Waals surface area contributed by atoms with Gasteiger partial charge < -0.3 is 19.7 Å². The van der Waals surface area contributed by atoms with Gasteiger partial charge in [0.25, 0.3) is 0 Å². The molecule has 0 fully saturated rings. The van der Waals surface area contributed by atoms with Crippen LogP contribution in [0.25, 0.3) is 0 Å². The van der Waals surface area contributed by atoms with Crippen LogP contribution in [0.2, 0.25) is 5.02 Å². The minimum atomic E-state index is -3.86. The van der Waals surface area contributed by atoms with Crippen molar-refractivity contribution in [2.75, 3.05) is 23.4 Å². The van der Waals surface area contributed by atoms with Gasteiger partial charge in [-0.15, -0.1) is 0 Å². The molecule has 9 nitrogen and oxygen atoms in total. The quantitative estimate of drug-likeness (QED) is 0.479. The summed E-state index contributed by atoms with van der Waals surface area (Å²) in [6.07, 6.45) is 0.322. The summed E-state index contributed by atoms with van der Waals surface area (Å²) < 4.78 is 38.0. The van der Waals surface area contributed by atoms with Crippen LogP contribution in [0.5, 0.6) is 11.5 Å². The Morgan fingerprint density at radius 3 is 2.38 bits per heavy atom. The van der Waals surface area contributed by atoms with Crippen molar-refractivity contribution in [2.45, 2.75) is 59.2 Å². The smallest absolute Gasteiger partial charge is 0.244 e. The van der Waals surface area contributed by atoms with Gasteiger partial charge in [-0.3, -0.25) is 13.9 Å². The number of carbonyl (C=O) groups excluding carboxylic acids is 2. The summed E-state index contributed by atoms with van der Waals surface area (Å²) in [6, 6.07) is 10.9. The van der Waals surface area contributed by atoms with Crippen LogP contribution in [0.15, 0.2) is 42.5 Å². The molecule has 0 aliphatic carbocycles. The van der Waals surface area contributed by atoms with E-state index in [2.05, 4.69) is 5.32 Å². The van der Waals surface area contributed by atoms with Gasteiger partial charge in [-0.2, -0.15) is 0 Å². The molecule has 0 spiro atoms. The number of nitrogens with one attached hydrogen (secondary N) is 1. The maximum absolute atomic E-state index is 13.9. The first kappa shape index (κ1) is 28.6. The molecule has 37 heavy (non-hydrogen) atoms. The number of carbonyl (C=O) groups is 2. The van der Waals surface area contributed by atoms with Gasteiger partial charge in [-0.05, 0) is 57.9 Å². The van der Waals surface area contributed by atoms with Crippen molar-refractivity contribution in [1.29, 1.82) is 0 Å². The van der Waals surface area contributed by atoms with Gasteiger partial charge in [-0.25, -0.2) is 8.42 Å². The fourth-order valence-corrected chi connectivity index (χ4v) is 5.19. The number of halogens is 1. The third-order valence-corrected chi connectivity index (χ3v) is 7.92. The maximum atomic E-state index is 13.9. The average molecular weight is 552 g/mol. The van der Waals surface area contributed by atoms with E-state index < -0.39 is 34.1 Å². The zero-order valence-corrected chi connectivity index (χ0v) is 23.4. The molecule has 0 saturated carbocycles. The molecule has 2 aromatic carbocycles. The van der Waals surface area contributed by atoms with Gasteiger partial charge in [0.05, 0.1) is 11.4 Å². The van der Waals surface area contributed by atoms with E-state index in [0.29, 0.717) is 28.5 Å². The van der Waals surface area contributed by atoms with Crippen LogP contribution in [0.3, 0.4) is 0 Å². The molecule has 1 aliphatic rings. The summed E-state index contributed by atoms with van der Waals surface area (Å²) in [4.78, 5) is 28.5. The maximum Gasteiger partial charge on any atom is 0.244 e. The number of amides is 2. The molecule has 2 amide bonds. The second kappa shape index (κ2) is 11.6. The number of sulfonamides is 1. The molecule has 0 unspecified atom stereocenters. The summed E-state index contributed by atoms with van der Waals surface area (Å²) in [6.45, 7) is 8.44.